The Morgan fingerprint density at radius 3 is 2.84 bits per heavy atom. The van der Waals surface area contributed by atoms with Gasteiger partial charge in [-0.1, -0.05) is 5.16 Å². The van der Waals surface area contributed by atoms with Crippen molar-refractivity contribution in [1.29, 1.82) is 0 Å². The highest BCUT2D eigenvalue weighted by molar-refractivity contribution is 5.21. The maximum atomic E-state index is 5.24. The fourth-order valence-electron chi connectivity index (χ4n) is 2.75. The van der Waals surface area contributed by atoms with Gasteiger partial charge in [-0.15, -0.1) is 0 Å². The minimum absolute atomic E-state index is 0.304. The van der Waals surface area contributed by atoms with Gasteiger partial charge in [-0.05, 0) is 40.2 Å². The van der Waals surface area contributed by atoms with Gasteiger partial charge >= 0.3 is 0 Å². The van der Waals surface area contributed by atoms with Crippen LogP contribution >= 0.6 is 0 Å². The molecule has 0 radical (unpaired) electrons. The van der Waals surface area contributed by atoms with E-state index in [1.165, 1.54) is 12.0 Å². The molecule has 2 aromatic rings. The average Bonchev–Trinajstić information content (AvgIpc) is 3.06. The van der Waals surface area contributed by atoms with E-state index in [2.05, 4.69) is 25.2 Å². The molecule has 0 amide bonds. The molecule has 0 aromatic carbocycles. The molecule has 6 heteroatoms. The topological polar surface area (TPSA) is 70.8 Å². The Hall–Kier alpha value is -1.69. The molecule has 0 spiro atoms. The van der Waals surface area contributed by atoms with E-state index < -0.39 is 0 Å². The lowest BCUT2D eigenvalue weighted by Crippen LogP contribution is -2.24. The van der Waals surface area contributed by atoms with E-state index in [-0.39, 0.29) is 0 Å². The largest absolute Gasteiger partial charge is 0.361 e. The number of likely N-dealkylation sites (tertiary alicyclic amines) is 1. The van der Waals surface area contributed by atoms with Gasteiger partial charge in [0, 0.05) is 12.1 Å². The molecule has 0 unspecified atom stereocenters. The fourth-order valence-corrected chi connectivity index (χ4v) is 2.75. The molecule has 6 nitrogen and oxygen atoms in total. The average molecular weight is 261 g/mol. The molecule has 1 N–H and O–H groups in total. The molecule has 102 valence electrons. The summed E-state index contributed by atoms with van der Waals surface area (Å²) in [5, 5.41) is 11.3. The van der Waals surface area contributed by atoms with Crippen molar-refractivity contribution < 1.29 is 4.52 Å². The summed E-state index contributed by atoms with van der Waals surface area (Å²) in [5.74, 6) is 2.69. The first-order valence-electron chi connectivity index (χ1n) is 6.70. The first-order valence-corrected chi connectivity index (χ1v) is 6.70. The van der Waals surface area contributed by atoms with Crippen molar-refractivity contribution in [2.24, 2.45) is 0 Å². The van der Waals surface area contributed by atoms with Crippen molar-refractivity contribution in [3.05, 3.63) is 28.7 Å². The van der Waals surface area contributed by atoms with Crippen LogP contribution in [0.25, 0.3) is 0 Å². The first kappa shape index (κ1) is 12.3. The van der Waals surface area contributed by atoms with Crippen molar-refractivity contribution >= 4 is 0 Å². The van der Waals surface area contributed by atoms with Crippen molar-refractivity contribution in [3.8, 4) is 0 Å². The summed E-state index contributed by atoms with van der Waals surface area (Å²) in [6.45, 7) is 7.83. The zero-order valence-corrected chi connectivity index (χ0v) is 11.6. The Morgan fingerprint density at radius 1 is 1.37 bits per heavy atom. The van der Waals surface area contributed by atoms with Crippen molar-refractivity contribution in [2.45, 2.75) is 46.2 Å². The van der Waals surface area contributed by atoms with E-state index in [9.17, 15) is 0 Å². The molecule has 0 aliphatic carbocycles. The molecule has 1 saturated heterocycles. The van der Waals surface area contributed by atoms with Crippen LogP contribution in [0.5, 0.6) is 0 Å². The highest BCUT2D eigenvalue weighted by Gasteiger charge is 2.30. The van der Waals surface area contributed by atoms with Gasteiger partial charge in [0.25, 0.3) is 0 Å². The first-order chi connectivity index (χ1) is 9.15. The van der Waals surface area contributed by atoms with E-state index in [1.807, 2.05) is 20.8 Å². The zero-order valence-electron chi connectivity index (χ0n) is 11.6. The molecular formula is C13H19N5O. The Morgan fingerprint density at radius 2 is 2.21 bits per heavy atom. The second-order valence-electron chi connectivity index (χ2n) is 5.21. The molecule has 1 atom stereocenters. The number of hydrogen-bond acceptors (Lipinski definition) is 5. The van der Waals surface area contributed by atoms with Crippen LogP contribution in [0.3, 0.4) is 0 Å². The summed E-state index contributed by atoms with van der Waals surface area (Å²) in [6.07, 6.45) is 2.29. The van der Waals surface area contributed by atoms with Crippen molar-refractivity contribution in [3.63, 3.8) is 0 Å². The lowest BCUT2D eigenvalue weighted by molar-refractivity contribution is 0.238. The molecule has 2 aromatic heterocycles. The SMILES string of the molecule is Cc1nc([C@@H]2CCCN2Cc2c(C)noc2C)n[nH]1. The molecule has 19 heavy (non-hydrogen) atoms. The Bertz CT molecular complexity index is 554. The molecule has 1 fully saturated rings. The monoisotopic (exact) mass is 261 g/mol. The van der Waals surface area contributed by atoms with Crippen LogP contribution < -0.4 is 0 Å². The lowest BCUT2D eigenvalue weighted by Gasteiger charge is -2.21. The number of aromatic nitrogens is 4. The highest BCUT2D eigenvalue weighted by atomic mass is 16.5. The van der Waals surface area contributed by atoms with E-state index in [0.29, 0.717) is 6.04 Å². The van der Waals surface area contributed by atoms with Crippen LogP contribution in [0.1, 0.15) is 47.5 Å². The van der Waals surface area contributed by atoms with E-state index in [1.54, 1.807) is 0 Å². The predicted octanol–water partition coefficient (Wildman–Crippen LogP) is 2.06. The Kier molecular flexibility index (Phi) is 3.10. The Balaban J connectivity index is 1.80. The number of H-pyrrole nitrogens is 1. The predicted molar refractivity (Wildman–Crippen MR) is 69.5 cm³/mol. The summed E-state index contributed by atoms with van der Waals surface area (Å²) in [6, 6.07) is 0.304. The van der Waals surface area contributed by atoms with Gasteiger partial charge in [0.15, 0.2) is 5.82 Å². The second kappa shape index (κ2) is 4.77. The zero-order chi connectivity index (χ0) is 13.4. The molecular weight excluding hydrogens is 242 g/mol. The van der Waals surface area contributed by atoms with Crippen LogP contribution in [0, 0.1) is 20.8 Å². The third kappa shape index (κ3) is 2.28. The van der Waals surface area contributed by atoms with E-state index in [4.69, 9.17) is 4.52 Å². The number of rotatable bonds is 3. The van der Waals surface area contributed by atoms with E-state index >= 15 is 0 Å². The third-order valence-corrected chi connectivity index (χ3v) is 3.82. The van der Waals surface area contributed by atoms with Crippen molar-refractivity contribution in [1.82, 2.24) is 25.2 Å². The molecule has 1 aliphatic rings. The highest BCUT2D eigenvalue weighted by Crippen LogP contribution is 2.32. The van der Waals surface area contributed by atoms with Gasteiger partial charge in [0.2, 0.25) is 0 Å². The molecule has 3 heterocycles. The van der Waals surface area contributed by atoms with Gasteiger partial charge in [0.1, 0.15) is 11.6 Å². The number of aryl methyl sites for hydroxylation is 3. The van der Waals surface area contributed by atoms with E-state index in [0.717, 1.165) is 42.6 Å². The second-order valence-corrected chi connectivity index (χ2v) is 5.21. The summed E-state index contributed by atoms with van der Waals surface area (Å²) in [7, 11) is 0. The van der Waals surface area contributed by atoms with Crippen LogP contribution in [-0.2, 0) is 6.54 Å². The maximum Gasteiger partial charge on any atom is 0.167 e. The van der Waals surface area contributed by atoms with Gasteiger partial charge in [-0.2, -0.15) is 5.10 Å². The van der Waals surface area contributed by atoms with Gasteiger partial charge in [-0.3, -0.25) is 10.00 Å². The van der Waals surface area contributed by atoms with Crippen LogP contribution in [0.15, 0.2) is 4.52 Å². The van der Waals surface area contributed by atoms with Gasteiger partial charge < -0.3 is 4.52 Å². The third-order valence-electron chi connectivity index (χ3n) is 3.82. The number of nitrogens with zero attached hydrogens (tertiary/aromatic N) is 4. The molecule has 1 aliphatic heterocycles. The summed E-state index contributed by atoms with van der Waals surface area (Å²) in [5.41, 5.74) is 2.17. The minimum atomic E-state index is 0.304. The lowest BCUT2D eigenvalue weighted by atomic mass is 10.1. The van der Waals surface area contributed by atoms with Crippen LogP contribution in [0.4, 0.5) is 0 Å². The molecule has 0 saturated carbocycles. The summed E-state index contributed by atoms with van der Waals surface area (Å²) < 4.78 is 5.24. The quantitative estimate of drug-likeness (QED) is 0.915. The number of hydrogen-bond donors (Lipinski definition) is 1. The van der Waals surface area contributed by atoms with Gasteiger partial charge in [0.05, 0.1) is 11.7 Å². The fraction of sp³-hybridized carbons (Fsp3) is 0.615. The van der Waals surface area contributed by atoms with Gasteiger partial charge in [-0.25, -0.2) is 4.98 Å². The number of nitrogens with one attached hydrogen (secondary N) is 1. The summed E-state index contributed by atoms with van der Waals surface area (Å²) >= 11 is 0. The van der Waals surface area contributed by atoms with Crippen LogP contribution in [-0.4, -0.2) is 31.8 Å². The summed E-state index contributed by atoms with van der Waals surface area (Å²) in [4.78, 5) is 6.88. The van der Waals surface area contributed by atoms with Crippen molar-refractivity contribution in [2.75, 3.05) is 6.54 Å². The number of aromatic amines is 1. The normalized spacial score (nSPS) is 20.3. The standard InChI is InChI=1S/C13H19N5O/c1-8-11(9(2)19-17-8)7-18-6-4-5-12(18)13-14-10(3)15-16-13/h12H,4-7H2,1-3H3,(H,14,15,16)/t12-/m0/s1. The molecule has 3 rings (SSSR count). The maximum absolute atomic E-state index is 5.24. The smallest absolute Gasteiger partial charge is 0.167 e. The van der Waals surface area contributed by atoms with Crippen LogP contribution in [0.2, 0.25) is 0 Å². The molecule has 0 bridgehead atoms. The Labute approximate surface area is 112 Å². The minimum Gasteiger partial charge on any atom is -0.361 e.